The average molecular weight is 833 g/mol. The van der Waals surface area contributed by atoms with E-state index >= 15 is 0 Å². The molecule has 0 N–H and O–H groups in total. The van der Waals surface area contributed by atoms with Crippen molar-refractivity contribution in [2.75, 3.05) is 38.0 Å². The number of hydrogen-bond acceptors (Lipinski definition) is 3. The summed E-state index contributed by atoms with van der Waals surface area (Å²) in [6.07, 6.45) is 0. The van der Waals surface area contributed by atoms with Crippen LogP contribution in [0.4, 0.5) is 11.4 Å². The third-order valence-corrected chi connectivity index (χ3v) is 15.0. The van der Waals surface area contributed by atoms with Gasteiger partial charge in [-0.3, -0.25) is 0 Å². The fourth-order valence-electron chi connectivity index (χ4n) is 11.0. The van der Waals surface area contributed by atoms with E-state index in [-0.39, 0.29) is 0 Å². The van der Waals surface area contributed by atoms with Gasteiger partial charge >= 0.3 is 0 Å². The summed E-state index contributed by atoms with van der Waals surface area (Å²) in [6.45, 7) is 13.6. The summed E-state index contributed by atoms with van der Waals surface area (Å²) in [5.74, 6) is 2.70. The number of anilines is 2. The van der Waals surface area contributed by atoms with Crippen LogP contribution in [0, 0.1) is 53.4 Å². The van der Waals surface area contributed by atoms with E-state index < -0.39 is 0 Å². The van der Waals surface area contributed by atoms with Gasteiger partial charge in [0, 0.05) is 70.9 Å². The van der Waals surface area contributed by atoms with E-state index in [0.29, 0.717) is 0 Å². The number of benzene rings is 8. The molecule has 0 unspecified atom stereocenters. The Morgan fingerprint density at radius 1 is 0.317 bits per heavy atom. The zero-order valence-electron chi connectivity index (χ0n) is 38.0. The molecule has 0 spiro atoms. The summed E-state index contributed by atoms with van der Waals surface area (Å²) in [5, 5.41) is 2.66. The van der Waals surface area contributed by atoms with Crippen molar-refractivity contribution in [3.05, 3.63) is 212 Å². The summed E-state index contributed by atoms with van der Waals surface area (Å²) < 4.78 is 2.73. The minimum atomic E-state index is 1.20. The maximum atomic E-state index is 2.47. The third-order valence-electron chi connectivity index (χ3n) is 13.8. The molecule has 0 amide bonds. The van der Waals surface area contributed by atoms with E-state index in [2.05, 4.69) is 213 Å². The Morgan fingerprint density at radius 2 is 0.651 bits per heavy atom. The summed E-state index contributed by atoms with van der Waals surface area (Å²) >= 11 is 1.99. The lowest BCUT2D eigenvalue weighted by Gasteiger charge is -2.20. The molecule has 63 heavy (non-hydrogen) atoms. The van der Waals surface area contributed by atoms with Crippen LogP contribution < -0.4 is 9.80 Å². The van der Waals surface area contributed by atoms with Crippen LogP contribution in [0.1, 0.15) is 66.8 Å². The maximum absolute atomic E-state index is 2.47. The molecule has 0 fully saturated rings. The molecule has 0 saturated heterocycles. The van der Waals surface area contributed by atoms with Crippen molar-refractivity contribution in [2.45, 2.75) is 41.5 Å². The summed E-state index contributed by atoms with van der Waals surface area (Å²) in [4.78, 5) is 4.33. The predicted octanol–water partition coefficient (Wildman–Crippen LogP) is 15.4. The minimum Gasteiger partial charge on any atom is -0.378 e. The molecule has 8 aromatic carbocycles. The van der Waals surface area contributed by atoms with Gasteiger partial charge in [-0.25, -0.2) is 0 Å². The van der Waals surface area contributed by atoms with Crippen molar-refractivity contribution in [1.29, 1.82) is 0 Å². The van der Waals surface area contributed by atoms with Gasteiger partial charge in [0.05, 0.1) is 11.8 Å². The lowest BCUT2D eigenvalue weighted by Crippen LogP contribution is -2.07. The Bertz CT molecular complexity index is 3070. The van der Waals surface area contributed by atoms with E-state index in [1.807, 2.05) is 11.3 Å². The zero-order valence-corrected chi connectivity index (χ0v) is 38.8. The Kier molecular flexibility index (Phi) is 9.12. The van der Waals surface area contributed by atoms with Crippen LogP contribution in [0.2, 0.25) is 0 Å². The van der Waals surface area contributed by atoms with E-state index in [9.17, 15) is 0 Å². The Hall–Kier alpha value is -6.42. The quantitative estimate of drug-likeness (QED) is 0.165. The van der Waals surface area contributed by atoms with Gasteiger partial charge in [0.2, 0.25) is 0 Å². The second kappa shape index (κ2) is 14.6. The monoisotopic (exact) mass is 832 g/mol. The highest BCUT2D eigenvalue weighted by molar-refractivity contribution is 7.27. The normalized spacial score (nSPS) is 13.1. The van der Waals surface area contributed by atoms with Crippen LogP contribution in [0.25, 0.3) is 64.7 Å². The van der Waals surface area contributed by atoms with E-state index in [4.69, 9.17) is 0 Å². The van der Waals surface area contributed by atoms with E-state index in [0.717, 1.165) is 0 Å². The molecule has 11 rings (SSSR count). The van der Waals surface area contributed by atoms with Crippen LogP contribution in [-0.4, -0.2) is 28.2 Å². The van der Waals surface area contributed by atoms with Crippen molar-refractivity contribution in [3.63, 3.8) is 0 Å². The molecule has 0 aliphatic heterocycles. The van der Waals surface area contributed by atoms with Gasteiger partial charge in [-0.2, -0.15) is 0 Å². The summed E-state index contributed by atoms with van der Waals surface area (Å²) in [6, 6.07) is 51.5. The van der Waals surface area contributed by atoms with Gasteiger partial charge in [-0.1, -0.05) is 108 Å². The van der Waals surface area contributed by atoms with E-state index in [1.54, 1.807) is 0 Å². The molecule has 1 aromatic heterocycles. The molecule has 2 nitrogen and oxygen atoms in total. The van der Waals surface area contributed by atoms with Crippen LogP contribution in [0.15, 0.2) is 133 Å². The molecule has 2 aliphatic rings. The van der Waals surface area contributed by atoms with Crippen molar-refractivity contribution < 1.29 is 0 Å². The summed E-state index contributed by atoms with van der Waals surface area (Å²) in [5.41, 5.74) is 28.7. The van der Waals surface area contributed by atoms with Gasteiger partial charge in [-0.15, -0.1) is 11.3 Å². The molecule has 2 radical (unpaired) electrons. The number of rotatable bonds is 6. The highest BCUT2D eigenvalue weighted by atomic mass is 32.1. The largest absolute Gasteiger partial charge is 0.378 e. The van der Waals surface area contributed by atoms with Gasteiger partial charge < -0.3 is 9.80 Å². The van der Waals surface area contributed by atoms with E-state index in [1.165, 1.54) is 155 Å². The Morgan fingerprint density at radius 3 is 1.00 bits per heavy atom. The van der Waals surface area contributed by atoms with Crippen molar-refractivity contribution in [3.8, 4) is 44.5 Å². The number of thiophene rings is 1. The second-order valence-electron chi connectivity index (χ2n) is 18.5. The van der Waals surface area contributed by atoms with Crippen molar-refractivity contribution >= 4 is 42.9 Å². The Labute approximate surface area is 377 Å². The number of fused-ring (bicyclic) bond motifs is 11. The van der Waals surface area contributed by atoms with Gasteiger partial charge in [-0.05, 0) is 167 Å². The molecule has 0 saturated carbocycles. The first kappa shape index (κ1) is 39.4. The van der Waals surface area contributed by atoms with Crippen molar-refractivity contribution in [2.24, 2.45) is 0 Å². The second-order valence-corrected chi connectivity index (χ2v) is 19.6. The number of nitrogens with zero attached hydrogens (tertiary/aromatic N) is 2. The topological polar surface area (TPSA) is 6.48 Å². The predicted molar refractivity (Wildman–Crippen MR) is 272 cm³/mol. The van der Waals surface area contributed by atoms with Crippen molar-refractivity contribution in [1.82, 2.24) is 0 Å². The van der Waals surface area contributed by atoms with Crippen LogP contribution in [0.5, 0.6) is 0 Å². The average Bonchev–Trinajstić information content (AvgIpc) is 3.90. The molecular formula is C60H52N2S. The number of aryl methyl sites for hydroxylation is 6. The molecule has 3 heteroatoms. The lowest BCUT2D eigenvalue weighted by molar-refractivity contribution is 1.13. The molecule has 2 aliphatic carbocycles. The SMILES string of the molecule is Cc1cc(C)c([C]2c3ccc(-c4ccc(N(C)C)cc4)cc3-c3c2ccc2c3sc3c4c(ccc32)[C](c2c(C)cc(C)cc2C)c2ccc(-c3ccc(N(C)C)cc3)cc2-4)c(C)c1. The molecular weight excluding hydrogens is 781 g/mol. The molecule has 0 atom stereocenters. The first-order valence-corrected chi connectivity index (χ1v) is 23.0. The highest BCUT2D eigenvalue weighted by Crippen LogP contribution is 2.58. The molecule has 0 bridgehead atoms. The van der Waals surface area contributed by atoms with Gasteiger partial charge in [0.1, 0.15) is 0 Å². The minimum absolute atomic E-state index is 1.20. The fourth-order valence-corrected chi connectivity index (χ4v) is 12.5. The lowest BCUT2D eigenvalue weighted by atomic mass is 9.83. The van der Waals surface area contributed by atoms with Crippen LogP contribution >= 0.6 is 11.3 Å². The maximum Gasteiger partial charge on any atom is 0.0647 e. The highest BCUT2D eigenvalue weighted by Gasteiger charge is 2.38. The fraction of sp³-hybridized carbons (Fsp3) is 0.167. The first-order valence-electron chi connectivity index (χ1n) is 22.1. The molecule has 9 aromatic rings. The number of hydrogen-bond donors (Lipinski definition) is 0. The standard InChI is InChI=1S/C60H52N2S/c1-33-27-35(3)53(36(4)28-33)55-45-21-15-41(39-11-17-43(18-12-39)61(7)8)31-51(45)57-49(55)25-23-47-48-24-26-50-56(54-37(5)29-34(2)30-38(54)6)46-22-16-42(40-13-19-44(20-14-40)62(9)10)32-52(46)58(50)60(48)63-59(47)57/h11-32H,1-10H3. The zero-order chi connectivity index (χ0) is 43.6. The van der Waals surface area contributed by atoms with Gasteiger partial charge in [0.25, 0.3) is 0 Å². The first-order chi connectivity index (χ1) is 30.4. The molecule has 308 valence electrons. The Balaban J connectivity index is 1.18. The smallest absolute Gasteiger partial charge is 0.0647 e. The van der Waals surface area contributed by atoms with Crippen LogP contribution in [0.3, 0.4) is 0 Å². The molecule has 1 heterocycles. The third kappa shape index (κ3) is 6.11. The summed E-state index contributed by atoms with van der Waals surface area (Å²) in [7, 11) is 8.41. The van der Waals surface area contributed by atoms with Gasteiger partial charge in [0.15, 0.2) is 0 Å². The van der Waals surface area contributed by atoms with Crippen LogP contribution in [-0.2, 0) is 0 Å².